The van der Waals surface area contributed by atoms with Crippen molar-refractivity contribution < 1.29 is 4.74 Å². The highest BCUT2D eigenvalue weighted by Crippen LogP contribution is 2.30. The molecule has 1 aromatic carbocycles. The zero-order chi connectivity index (χ0) is 8.60. The molecule has 64 valence electrons. The first-order chi connectivity index (χ1) is 5.68. The summed E-state index contributed by atoms with van der Waals surface area (Å²) in [5.74, 6) is 0. The van der Waals surface area contributed by atoms with Crippen LogP contribution in [-0.2, 0) is 11.2 Å². The topological polar surface area (TPSA) is 12.5 Å². The maximum Gasteiger partial charge on any atom is 0.0928 e. The molecule has 0 radical (unpaired) electrons. The first-order valence-corrected chi connectivity index (χ1v) is 4.37. The lowest BCUT2D eigenvalue weighted by atomic mass is 10.0. The molecule has 1 aliphatic heterocycles. The van der Waals surface area contributed by atoms with Crippen LogP contribution < -0.4 is 0 Å². The lowest BCUT2D eigenvalue weighted by molar-refractivity contribution is 0.322. The molecule has 1 heterocycles. The van der Waals surface area contributed by atoms with Crippen molar-refractivity contribution in [3.8, 4) is 0 Å². The highest BCUT2D eigenvalue weighted by molar-refractivity contribution is 5.24. The molecule has 0 saturated carbocycles. The Labute approximate surface area is 73.4 Å². The zero-order valence-electron chi connectivity index (χ0n) is 7.63. The fourth-order valence-electron chi connectivity index (χ4n) is 1.48. The number of epoxide rings is 1. The Morgan fingerprint density at radius 3 is 2.83 bits per heavy atom. The molecular formula is C11H14O. The molecule has 1 heteroatoms. The molecule has 1 fully saturated rings. The van der Waals surface area contributed by atoms with E-state index in [1.807, 2.05) is 0 Å². The minimum absolute atomic E-state index is 0.147. The van der Waals surface area contributed by atoms with Gasteiger partial charge in [0, 0.05) is 6.42 Å². The summed E-state index contributed by atoms with van der Waals surface area (Å²) in [5.41, 5.74) is 2.86. The van der Waals surface area contributed by atoms with Crippen LogP contribution in [0.5, 0.6) is 0 Å². The number of rotatable bonds is 2. The SMILES string of the molecule is Cc1cccc(CC2(C)CO2)c1. The lowest BCUT2D eigenvalue weighted by Crippen LogP contribution is -2.08. The fraction of sp³-hybridized carbons (Fsp3) is 0.455. The highest BCUT2D eigenvalue weighted by atomic mass is 16.6. The van der Waals surface area contributed by atoms with Crippen LogP contribution in [0, 0.1) is 6.92 Å². The van der Waals surface area contributed by atoms with Crippen molar-refractivity contribution in [1.29, 1.82) is 0 Å². The van der Waals surface area contributed by atoms with Gasteiger partial charge in [0.05, 0.1) is 12.2 Å². The zero-order valence-corrected chi connectivity index (χ0v) is 7.63. The Kier molecular flexibility index (Phi) is 1.69. The molecule has 0 aromatic heterocycles. The van der Waals surface area contributed by atoms with Gasteiger partial charge in [-0.05, 0) is 19.4 Å². The van der Waals surface area contributed by atoms with Crippen molar-refractivity contribution in [1.82, 2.24) is 0 Å². The molecule has 1 saturated heterocycles. The van der Waals surface area contributed by atoms with E-state index in [0.29, 0.717) is 0 Å². The van der Waals surface area contributed by atoms with Crippen molar-refractivity contribution in [2.24, 2.45) is 0 Å². The molecule has 0 aliphatic carbocycles. The van der Waals surface area contributed by atoms with Gasteiger partial charge in [0.25, 0.3) is 0 Å². The normalized spacial score (nSPS) is 27.2. The van der Waals surface area contributed by atoms with Crippen LogP contribution in [0.2, 0.25) is 0 Å². The molecule has 12 heavy (non-hydrogen) atoms. The Hall–Kier alpha value is -0.820. The first-order valence-electron chi connectivity index (χ1n) is 4.37. The predicted molar refractivity (Wildman–Crippen MR) is 49.2 cm³/mol. The second kappa shape index (κ2) is 2.60. The molecule has 1 unspecified atom stereocenters. The molecule has 1 aromatic rings. The van der Waals surface area contributed by atoms with Crippen LogP contribution in [0.4, 0.5) is 0 Å². The van der Waals surface area contributed by atoms with Crippen molar-refractivity contribution in [3.63, 3.8) is 0 Å². The van der Waals surface area contributed by atoms with Crippen LogP contribution >= 0.6 is 0 Å². The van der Waals surface area contributed by atoms with Crippen LogP contribution in [-0.4, -0.2) is 12.2 Å². The first kappa shape index (κ1) is 7.81. The molecule has 1 atom stereocenters. The third-order valence-corrected chi connectivity index (χ3v) is 2.30. The van der Waals surface area contributed by atoms with Crippen molar-refractivity contribution in [3.05, 3.63) is 35.4 Å². The van der Waals surface area contributed by atoms with Gasteiger partial charge in [0.15, 0.2) is 0 Å². The van der Waals surface area contributed by atoms with Crippen molar-refractivity contribution in [2.45, 2.75) is 25.9 Å². The van der Waals surface area contributed by atoms with Gasteiger partial charge >= 0.3 is 0 Å². The molecule has 0 spiro atoms. The molecular weight excluding hydrogens is 148 g/mol. The van der Waals surface area contributed by atoms with Gasteiger partial charge in [-0.25, -0.2) is 0 Å². The minimum Gasteiger partial charge on any atom is -0.370 e. The summed E-state index contributed by atoms with van der Waals surface area (Å²) in [6.45, 7) is 5.20. The predicted octanol–water partition coefficient (Wildman–Crippen LogP) is 2.33. The smallest absolute Gasteiger partial charge is 0.0928 e. The maximum atomic E-state index is 5.34. The quantitative estimate of drug-likeness (QED) is 0.608. The van der Waals surface area contributed by atoms with Crippen LogP contribution in [0.25, 0.3) is 0 Å². The van der Waals surface area contributed by atoms with Gasteiger partial charge in [0.2, 0.25) is 0 Å². The van der Waals surface area contributed by atoms with Gasteiger partial charge in [-0.2, -0.15) is 0 Å². The Morgan fingerprint density at radius 2 is 2.25 bits per heavy atom. The van der Waals surface area contributed by atoms with Crippen LogP contribution in [0.15, 0.2) is 24.3 Å². The maximum absolute atomic E-state index is 5.34. The van der Waals surface area contributed by atoms with E-state index in [2.05, 4.69) is 38.1 Å². The highest BCUT2D eigenvalue weighted by Gasteiger charge is 2.38. The van der Waals surface area contributed by atoms with Gasteiger partial charge in [-0.15, -0.1) is 0 Å². The van der Waals surface area contributed by atoms with Gasteiger partial charge in [-0.1, -0.05) is 29.8 Å². The average molecular weight is 162 g/mol. The van der Waals surface area contributed by atoms with E-state index in [1.165, 1.54) is 11.1 Å². The second-order valence-corrected chi connectivity index (χ2v) is 3.90. The van der Waals surface area contributed by atoms with Crippen molar-refractivity contribution in [2.75, 3.05) is 6.61 Å². The van der Waals surface area contributed by atoms with E-state index in [9.17, 15) is 0 Å². The lowest BCUT2D eigenvalue weighted by Gasteiger charge is -2.05. The van der Waals surface area contributed by atoms with Gasteiger partial charge < -0.3 is 4.74 Å². The summed E-state index contributed by atoms with van der Waals surface area (Å²) in [7, 11) is 0. The van der Waals surface area contributed by atoms with Gasteiger partial charge in [-0.3, -0.25) is 0 Å². The molecule has 2 rings (SSSR count). The van der Waals surface area contributed by atoms with E-state index in [4.69, 9.17) is 4.74 Å². The van der Waals surface area contributed by atoms with Crippen molar-refractivity contribution >= 4 is 0 Å². The third kappa shape index (κ3) is 1.67. The summed E-state index contributed by atoms with van der Waals surface area (Å²) in [6, 6.07) is 8.63. The van der Waals surface area contributed by atoms with Crippen LogP contribution in [0.1, 0.15) is 18.1 Å². The monoisotopic (exact) mass is 162 g/mol. The molecule has 1 nitrogen and oxygen atoms in total. The van der Waals surface area contributed by atoms with E-state index in [0.717, 1.165) is 13.0 Å². The Balaban J connectivity index is 2.12. The van der Waals surface area contributed by atoms with Crippen LogP contribution in [0.3, 0.4) is 0 Å². The second-order valence-electron chi connectivity index (χ2n) is 3.90. The minimum atomic E-state index is 0.147. The Morgan fingerprint density at radius 1 is 1.50 bits per heavy atom. The number of hydrogen-bond acceptors (Lipinski definition) is 1. The average Bonchev–Trinajstić information content (AvgIpc) is 2.67. The molecule has 1 aliphatic rings. The van der Waals surface area contributed by atoms with E-state index >= 15 is 0 Å². The molecule has 0 bridgehead atoms. The number of ether oxygens (including phenoxy) is 1. The van der Waals surface area contributed by atoms with E-state index < -0.39 is 0 Å². The van der Waals surface area contributed by atoms with E-state index in [1.54, 1.807) is 0 Å². The Bertz CT molecular complexity index is 287. The standard InChI is InChI=1S/C11H14O/c1-9-4-3-5-10(6-9)7-11(2)8-12-11/h3-6H,7-8H2,1-2H3. The summed E-state index contributed by atoms with van der Waals surface area (Å²) in [6.07, 6.45) is 1.05. The summed E-state index contributed by atoms with van der Waals surface area (Å²) >= 11 is 0. The number of benzene rings is 1. The summed E-state index contributed by atoms with van der Waals surface area (Å²) in [4.78, 5) is 0. The molecule has 0 amide bonds. The third-order valence-electron chi connectivity index (χ3n) is 2.30. The summed E-state index contributed by atoms with van der Waals surface area (Å²) in [5, 5.41) is 0. The summed E-state index contributed by atoms with van der Waals surface area (Å²) < 4.78 is 5.34. The molecule has 0 N–H and O–H groups in total. The number of hydrogen-bond donors (Lipinski definition) is 0. The van der Waals surface area contributed by atoms with E-state index in [-0.39, 0.29) is 5.60 Å². The number of aryl methyl sites for hydroxylation is 1. The van der Waals surface area contributed by atoms with Gasteiger partial charge in [0.1, 0.15) is 0 Å². The fourth-order valence-corrected chi connectivity index (χ4v) is 1.48. The largest absolute Gasteiger partial charge is 0.370 e.